The van der Waals surface area contributed by atoms with Crippen LogP contribution in [0.1, 0.15) is 12.8 Å². The first-order chi connectivity index (χ1) is 10.3. The molecular formula is C13H21F3N4O2. The molecule has 6 nitrogen and oxygen atoms in total. The molecule has 3 amide bonds. The fourth-order valence-corrected chi connectivity index (χ4v) is 2.65. The Morgan fingerprint density at radius 2 is 1.50 bits per heavy atom. The van der Waals surface area contributed by atoms with Gasteiger partial charge in [0.15, 0.2) is 0 Å². The van der Waals surface area contributed by atoms with Crippen LogP contribution in [0.25, 0.3) is 0 Å². The van der Waals surface area contributed by atoms with E-state index in [0.717, 1.165) is 25.9 Å². The highest BCUT2D eigenvalue weighted by Crippen LogP contribution is 2.13. The van der Waals surface area contributed by atoms with E-state index in [4.69, 9.17) is 0 Å². The molecule has 2 aliphatic rings. The number of amides is 3. The van der Waals surface area contributed by atoms with Gasteiger partial charge in [0, 0.05) is 39.3 Å². The van der Waals surface area contributed by atoms with Crippen LogP contribution in [0.2, 0.25) is 0 Å². The van der Waals surface area contributed by atoms with E-state index in [1.54, 1.807) is 0 Å². The summed E-state index contributed by atoms with van der Waals surface area (Å²) >= 11 is 0. The number of urea groups is 1. The van der Waals surface area contributed by atoms with Gasteiger partial charge in [0.2, 0.25) is 5.91 Å². The van der Waals surface area contributed by atoms with Gasteiger partial charge in [0.05, 0.1) is 6.54 Å². The molecule has 9 heteroatoms. The molecular weight excluding hydrogens is 301 g/mol. The van der Waals surface area contributed by atoms with Crippen molar-refractivity contribution < 1.29 is 22.8 Å². The van der Waals surface area contributed by atoms with E-state index in [-0.39, 0.29) is 5.91 Å². The van der Waals surface area contributed by atoms with E-state index in [1.807, 2.05) is 15.1 Å². The number of carbonyl (C=O) groups excluding carboxylic acids is 2. The van der Waals surface area contributed by atoms with Gasteiger partial charge in [-0.3, -0.25) is 9.69 Å². The lowest BCUT2D eigenvalue weighted by Crippen LogP contribution is -2.54. The van der Waals surface area contributed by atoms with Crippen molar-refractivity contribution in [1.82, 2.24) is 20.0 Å². The normalized spacial score (nSPS) is 20.3. The largest absolute Gasteiger partial charge is 0.405 e. The summed E-state index contributed by atoms with van der Waals surface area (Å²) in [5.41, 5.74) is 0. The number of hydrogen-bond donors (Lipinski definition) is 1. The Labute approximate surface area is 127 Å². The predicted octanol–water partition coefficient (Wildman–Crippen LogP) is 0.498. The molecule has 22 heavy (non-hydrogen) atoms. The van der Waals surface area contributed by atoms with Gasteiger partial charge < -0.3 is 15.1 Å². The lowest BCUT2D eigenvalue weighted by molar-refractivity contribution is -0.131. The lowest BCUT2D eigenvalue weighted by Gasteiger charge is -2.35. The zero-order valence-electron chi connectivity index (χ0n) is 12.4. The molecule has 2 saturated heterocycles. The third kappa shape index (κ3) is 5.04. The highest BCUT2D eigenvalue weighted by atomic mass is 19.4. The summed E-state index contributed by atoms with van der Waals surface area (Å²) < 4.78 is 36.2. The van der Waals surface area contributed by atoms with E-state index < -0.39 is 18.8 Å². The number of hydrogen-bond acceptors (Lipinski definition) is 3. The molecule has 0 spiro atoms. The minimum Gasteiger partial charge on any atom is -0.342 e. The van der Waals surface area contributed by atoms with Gasteiger partial charge in [0.1, 0.15) is 6.54 Å². The number of piperazine rings is 1. The monoisotopic (exact) mass is 322 g/mol. The van der Waals surface area contributed by atoms with Crippen LogP contribution in [0.5, 0.6) is 0 Å². The quantitative estimate of drug-likeness (QED) is 0.823. The predicted molar refractivity (Wildman–Crippen MR) is 73.3 cm³/mol. The van der Waals surface area contributed by atoms with E-state index in [9.17, 15) is 22.8 Å². The Balaban J connectivity index is 1.68. The fraction of sp³-hybridized carbons (Fsp3) is 0.846. The van der Waals surface area contributed by atoms with E-state index in [1.165, 1.54) is 4.90 Å². The molecule has 0 aliphatic carbocycles. The lowest BCUT2D eigenvalue weighted by atomic mass is 10.3. The van der Waals surface area contributed by atoms with Crippen molar-refractivity contribution in [2.75, 3.05) is 52.4 Å². The molecule has 2 fully saturated rings. The zero-order chi connectivity index (χ0) is 16.2. The van der Waals surface area contributed by atoms with Crippen LogP contribution in [0.3, 0.4) is 0 Å². The van der Waals surface area contributed by atoms with Crippen molar-refractivity contribution in [1.29, 1.82) is 0 Å². The fourth-order valence-electron chi connectivity index (χ4n) is 2.65. The molecule has 2 rings (SSSR count). The van der Waals surface area contributed by atoms with Gasteiger partial charge in [0.25, 0.3) is 0 Å². The standard InChI is InChI=1S/C13H21F3N4O2/c14-13(15,16)10-17-12(22)20-7-5-18(6-8-20)9-11(21)19-3-1-2-4-19/h1-10H2,(H,17,22). The van der Waals surface area contributed by atoms with Crippen molar-refractivity contribution in [3.63, 3.8) is 0 Å². The molecule has 126 valence electrons. The Morgan fingerprint density at radius 1 is 0.909 bits per heavy atom. The average Bonchev–Trinajstić information content (AvgIpc) is 2.99. The van der Waals surface area contributed by atoms with Gasteiger partial charge >= 0.3 is 12.2 Å². The third-order valence-corrected chi connectivity index (χ3v) is 3.92. The Bertz CT molecular complexity index is 403. The van der Waals surface area contributed by atoms with Crippen LogP contribution < -0.4 is 5.32 Å². The number of alkyl halides is 3. The van der Waals surface area contributed by atoms with Gasteiger partial charge in [-0.1, -0.05) is 0 Å². The van der Waals surface area contributed by atoms with Crippen LogP contribution >= 0.6 is 0 Å². The molecule has 0 unspecified atom stereocenters. The number of halogens is 3. The maximum absolute atomic E-state index is 12.1. The minimum absolute atomic E-state index is 0.0903. The van der Waals surface area contributed by atoms with Crippen molar-refractivity contribution in [2.45, 2.75) is 19.0 Å². The maximum Gasteiger partial charge on any atom is 0.405 e. The van der Waals surface area contributed by atoms with Crippen molar-refractivity contribution in [3.05, 3.63) is 0 Å². The first kappa shape index (κ1) is 16.9. The summed E-state index contributed by atoms with van der Waals surface area (Å²) in [6.45, 7) is 2.26. The second-order valence-corrected chi connectivity index (χ2v) is 5.62. The Morgan fingerprint density at radius 3 is 2.05 bits per heavy atom. The summed E-state index contributed by atoms with van der Waals surface area (Å²) in [4.78, 5) is 28.7. The average molecular weight is 322 g/mol. The Hall–Kier alpha value is -1.51. The van der Waals surface area contributed by atoms with Crippen LogP contribution in [0.4, 0.5) is 18.0 Å². The Kier molecular flexibility index (Phi) is 5.49. The smallest absolute Gasteiger partial charge is 0.342 e. The van der Waals surface area contributed by atoms with Crippen molar-refractivity contribution in [2.24, 2.45) is 0 Å². The van der Waals surface area contributed by atoms with Crippen LogP contribution in [-0.4, -0.2) is 85.2 Å². The number of nitrogens with zero attached hydrogens (tertiary/aromatic N) is 3. The molecule has 1 N–H and O–H groups in total. The number of likely N-dealkylation sites (tertiary alicyclic amines) is 1. The molecule has 0 bridgehead atoms. The minimum atomic E-state index is -4.40. The van der Waals surface area contributed by atoms with Gasteiger partial charge in [-0.05, 0) is 12.8 Å². The molecule has 2 aliphatic heterocycles. The van der Waals surface area contributed by atoms with Gasteiger partial charge in [-0.2, -0.15) is 13.2 Å². The van der Waals surface area contributed by atoms with Crippen LogP contribution in [0.15, 0.2) is 0 Å². The zero-order valence-corrected chi connectivity index (χ0v) is 12.4. The molecule has 0 saturated carbocycles. The van der Waals surface area contributed by atoms with Crippen LogP contribution in [-0.2, 0) is 4.79 Å². The van der Waals surface area contributed by atoms with Crippen LogP contribution in [0, 0.1) is 0 Å². The van der Waals surface area contributed by atoms with Crippen molar-refractivity contribution in [3.8, 4) is 0 Å². The third-order valence-electron chi connectivity index (χ3n) is 3.92. The molecule has 0 aromatic rings. The van der Waals surface area contributed by atoms with E-state index in [0.29, 0.717) is 32.7 Å². The summed E-state index contributed by atoms with van der Waals surface area (Å²) in [6, 6.07) is -0.706. The first-order valence-corrected chi connectivity index (χ1v) is 7.45. The van der Waals surface area contributed by atoms with Gasteiger partial charge in [-0.15, -0.1) is 0 Å². The molecule has 2 heterocycles. The second kappa shape index (κ2) is 7.17. The summed E-state index contributed by atoms with van der Waals surface area (Å²) in [7, 11) is 0. The molecule has 0 radical (unpaired) electrons. The molecule has 0 aromatic carbocycles. The second-order valence-electron chi connectivity index (χ2n) is 5.62. The number of rotatable bonds is 3. The summed E-state index contributed by atoms with van der Waals surface area (Å²) in [6.07, 6.45) is -2.32. The topological polar surface area (TPSA) is 55.9 Å². The molecule has 0 aromatic heterocycles. The van der Waals surface area contributed by atoms with Gasteiger partial charge in [-0.25, -0.2) is 4.79 Å². The maximum atomic E-state index is 12.1. The van der Waals surface area contributed by atoms with Crippen molar-refractivity contribution >= 4 is 11.9 Å². The number of nitrogens with one attached hydrogen (secondary N) is 1. The first-order valence-electron chi connectivity index (χ1n) is 7.45. The van der Waals surface area contributed by atoms with E-state index in [2.05, 4.69) is 0 Å². The summed E-state index contributed by atoms with van der Waals surface area (Å²) in [5.74, 6) is 0.0903. The summed E-state index contributed by atoms with van der Waals surface area (Å²) in [5, 5.41) is 1.86. The highest BCUT2D eigenvalue weighted by Gasteiger charge is 2.30. The SMILES string of the molecule is O=C(CN1CCN(C(=O)NCC(F)(F)F)CC1)N1CCCC1. The van der Waals surface area contributed by atoms with E-state index >= 15 is 0 Å². The number of carbonyl (C=O) groups is 2. The highest BCUT2D eigenvalue weighted by molar-refractivity contribution is 5.78. The molecule has 0 atom stereocenters.